The monoisotopic (exact) mass is 647 g/mol. The van der Waals surface area contributed by atoms with E-state index in [9.17, 15) is 24.3 Å². The Hall–Kier alpha value is -3.99. The number of carbonyl (C=O) groups is 4. The molecule has 2 aromatic carbocycles. The summed E-state index contributed by atoms with van der Waals surface area (Å²) in [5, 5.41) is 10.4. The minimum Gasteiger partial charge on any atom is -0.455 e. The maximum Gasteiger partial charge on any atom is 0.313 e. The van der Waals surface area contributed by atoms with E-state index in [1.54, 1.807) is 36.2 Å². The molecule has 2 aromatic rings. The molecule has 10 nitrogen and oxygen atoms in total. The number of benzene rings is 2. The van der Waals surface area contributed by atoms with Crippen LogP contribution in [0.25, 0.3) is 0 Å². The van der Waals surface area contributed by atoms with E-state index in [0.29, 0.717) is 22.7 Å². The quantitative estimate of drug-likeness (QED) is 0.398. The van der Waals surface area contributed by atoms with Gasteiger partial charge < -0.3 is 29.3 Å². The summed E-state index contributed by atoms with van der Waals surface area (Å²) in [6, 6.07) is 12.8. The Kier molecular flexibility index (Phi) is 8.80. The Morgan fingerprint density at radius 1 is 1.02 bits per heavy atom. The van der Waals surface area contributed by atoms with Gasteiger partial charge in [0, 0.05) is 26.6 Å². The van der Waals surface area contributed by atoms with Crippen LogP contribution in [-0.2, 0) is 28.7 Å². The molecule has 2 fully saturated rings. The van der Waals surface area contributed by atoms with E-state index in [-0.39, 0.29) is 32.0 Å². The van der Waals surface area contributed by atoms with Gasteiger partial charge in [-0.1, -0.05) is 78.4 Å². The number of aliphatic hydroxyl groups is 1. The van der Waals surface area contributed by atoms with Crippen molar-refractivity contribution in [2.45, 2.75) is 56.6 Å². The number of aryl methyl sites for hydroxylation is 1. The lowest BCUT2D eigenvalue weighted by Crippen LogP contribution is -2.56. The molecule has 6 rings (SSSR count). The summed E-state index contributed by atoms with van der Waals surface area (Å²) in [4.78, 5) is 60.9. The third-order valence-corrected chi connectivity index (χ3v) is 10.0. The number of hydrogen-bond donors (Lipinski definition) is 1. The summed E-state index contributed by atoms with van der Waals surface area (Å²) in [5.41, 5.74) is 0.478. The Balaban J connectivity index is 1.47. The zero-order valence-corrected chi connectivity index (χ0v) is 26.8. The van der Waals surface area contributed by atoms with Crippen LogP contribution >= 0.6 is 11.6 Å². The fourth-order valence-corrected chi connectivity index (χ4v) is 7.70. The fraction of sp³-hybridized carbons (Fsp3) is 0.429. The molecular weight excluding hydrogens is 610 g/mol. The smallest absolute Gasteiger partial charge is 0.313 e. The van der Waals surface area contributed by atoms with Gasteiger partial charge >= 0.3 is 5.97 Å². The number of halogens is 1. The first-order chi connectivity index (χ1) is 22.1. The van der Waals surface area contributed by atoms with Gasteiger partial charge in [0.1, 0.15) is 23.7 Å². The number of likely N-dealkylation sites (tertiary alicyclic amines) is 1. The van der Waals surface area contributed by atoms with Crippen molar-refractivity contribution >= 4 is 41.0 Å². The molecule has 46 heavy (non-hydrogen) atoms. The number of allylic oxidation sites excluding steroid dienone is 1. The molecule has 2 saturated heterocycles. The molecule has 5 bridgehead atoms. The fourth-order valence-electron chi connectivity index (χ4n) is 7.37. The molecule has 4 aliphatic heterocycles. The summed E-state index contributed by atoms with van der Waals surface area (Å²) in [6.45, 7) is 3.26. The minimum absolute atomic E-state index is 0.108. The number of hydrogen-bond acceptors (Lipinski definition) is 7. The maximum absolute atomic E-state index is 14.8. The number of aliphatic hydroxyl groups excluding tert-OH is 1. The summed E-state index contributed by atoms with van der Waals surface area (Å²) < 4.78 is 12.7. The van der Waals surface area contributed by atoms with Crippen molar-refractivity contribution in [1.82, 2.24) is 9.80 Å². The number of nitrogens with zero attached hydrogens (tertiary/aromatic N) is 3. The maximum atomic E-state index is 14.8. The SMILES string of the molecule is Cc1cccc(Cl)c1N1C/C=C\CCC(=O)N(C)[C@H](C)[C@@H](c2ccccc2)OC(=O)[C@@H]2[C@@H]3C=C[C@]4(O3)[C@H](C1=O)N(CCO)C(=O)[C@@H]24. The standard InChI is InChI=1S/C35H38ClN3O7/c1-21-11-10-14-24(36)29(21)38-18-9-5-8-15-26(41)37(3)22(2)30(23-12-6-4-7-13-23)45-34(44)27-25-16-17-35(46-25)28(27)32(42)39(19-20-40)31(35)33(38)43/h4-7,9-14,16-17,22,25,27-28,30-31,40H,8,15,18-20H2,1-3H3/b9-5-/t22-,25+,27-,28-,30+,31+,35-/m1/s1. The summed E-state index contributed by atoms with van der Waals surface area (Å²) in [6.07, 6.45) is 6.08. The second-order valence-corrected chi connectivity index (χ2v) is 12.7. The van der Waals surface area contributed by atoms with E-state index >= 15 is 0 Å². The van der Waals surface area contributed by atoms with Gasteiger partial charge in [0.25, 0.3) is 5.91 Å². The first-order valence-corrected chi connectivity index (χ1v) is 16.0. The Morgan fingerprint density at radius 2 is 1.78 bits per heavy atom. The summed E-state index contributed by atoms with van der Waals surface area (Å²) >= 11 is 6.68. The first kappa shape index (κ1) is 32.0. The Labute approximate surface area is 273 Å². The number of β-amino-alcohol motifs (C(OH)–C–C–N with tert-alkyl or cyclic N) is 1. The van der Waals surface area contributed by atoms with Crippen LogP contribution in [0.15, 0.2) is 72.8 Å². The van der Waals surface area contributed by atoms with Crippen LogP contribution < -0.4 is 4.90 Å². The van der Waals surface area contributed by atoms with E-state index in [4.69, 9.17) is 21.1 Å². The van der Waals surface area contributed by atoms with Gasteiger partial charge in [-0.05, 0) is 37.5 Å². The number of likely N-dealkylation sites (N-methyl/N-ethyl adjacent to an activating group) is 1. The molecule has 1 N–H and O–H groups in total. The topological polar surface area (TPSA) is 117 Å². The van der Waals surface area contributed by atoms with E-state index in [1.165, 1.54) is 9.80 Å². The number of esters is 1. The molecule has 0 radical (unpaired) electrons. The van der Waals surface area contributed by atoms with Gasteiger partial charge in [-0.15, -0.1) is 0 Å². The lowest BCUT2D eigenvalue weighted by atomic mass is 9.74. The predicted octanol–water partition coefficient (Wildman–Crippen LogP) is 3.61. The summed E-state index contributed by atoms with van der Waals surface area (Å²) in [5.74, 6) is -3.81. The number of ether oxygens (including phenoxy) is 2. The number of para-hydroxylation sites is 1. The highest BCUT2D eigenvalue weighted by atomic mass is 35.5. The van der Waals surface area contributed by atoms with Crippen LogP contribution in [0.1, 0.15) is 37.0 Å². The molecular formula is C35H38ClN3O7. The van der Waals surface area contributed by atoms with Crippen molar-refractivity contribution in [1.29, 1.82) is 0 Å². The van der Waals surface area contributed by atoms with Gasteiger partial charge in [-0.3, -0.25) is 19.2 Å². The molecule has 4 aliphatic rings. The number of cyclic esters (lactones) is 1. The lowest BCUT2D eigenvalue weighted by Gasteiger charge is -2.36. The molecule has 1 spiro atoms. The molecule has 3 amide bonds. The highest BCUT2D eigenvalue weighted by molar-refractivity contribution is 6.34. The average molecular weight is 648 g/mol. The molecule has 0 aromatic heterocycles. The van der Waals surface area contributed by atoms with Crippen LogP contribution in [0, 0.1) is 18.8 Å². The molecule has 0 saturated carbocycles. The summed E-state index contributed by atoms with van der Waals surface area (Å²) in [7, 11) is 1.69. The lowest BCUT2D eigenvalue weighted by molar-refractivity contribution is -0.164. The van der Waals surface area contributed by atoms with E-state index in [2.05, 4.69) is 0 Å². The van der Waals surface area contributed by atoms with Crippen LogP contribution in [0.4, 0.5) is 5.69 Å². The van der Waals surface area contributed by atoms with Crippen molar-refractivity contribution in [3.05, 3.63) is 89.0 Å². The average Bonchev–Trinajstić information content (AvgIpc) is 3.69. The molecule has 4 heterocycles. The van der Waals surface area contributed by atoms with Crippen LogP contribution in [0.5, 0.6) is 0 Å². The number of carbonyl (C=O) groups excluding carboxylic acids is 4. The van der Waals surface area contributed by atoms with Crippen LogP contribution in [-0.4, -0.2) is 89.1 Å². The number of fused-ring (bicyclic) bond motifs is 2. The van der Waals surface area contributed by atoms with Gasteiger partial charge in [-0.25, -0.2) is 0 Å². The van der Waals surface area contributed by atoms with Crippen molar-refractivity contribution in [2.75, 3.05) is 31.6 Å². The largest absolute Gasteiger partial charge is 0.455 e. The highest BCUT2D eigenvalue weighted by Gasteiger charge is 2.73. The predicted molar refractivity (Wildman–Crippen MR) is 171 cm³/mol. The van der Waals surface area contributed by atoms with E-state index in [0.717, 1.165) is 5.56 Å². The van der Waals surface area contributed by atoms with Crippen molar-refractivity contribution in [3.8, 4) is 0 Å². The van der Waals surface area contributed by atoms with Crippen LogP contribution in [0.2, 0.25) is 5.02 Å². The van der Waals surface area contributed by atoms with Gasteiger partial charge in [0.2, 0.25) is 11.8 Å². The highest BCUT2D eigenvalue weighted by Crippen LogP contribution is 2.56. The Bertz CT molecular complexity index is 1580. The third kappa shape index (κ3) is 5.22. The Morgan fingerprint density at radius 3 is 2.50 bits per heavy atom. The minimum atomic E-state index is -1.45. The van der Waals surface area contributed by atoms with Gasteiger partial charge in [-0.2, -0.15) is 0 Å². The molecule has 0 unspecified atom stereocenters. The first-order valence-electron chi connectivity index (χ1n) is 15.6. The van der Waals surface area contributed by atoms with Gasteiger partial charge in [0.15, 0.2) is 0 Å². The number of anilines is 1. The van der Waals surface area contributed by atoms with E-state index in [1.807, 2.05) is 62.4 Å². The van der Waals surface area contributed by atoms with Crippen molar-refractivity contribution in [2.24, 2.45) is 11.8 Å². The normalized spacial score (nSPS) is 32.2. The zero-order valence-electron chi connectivity index (χ0n) is 26.0. The van der Waals surface area contributed by atoms with Crippen molar-refractivity contribution in [3.63, 3.8) is 0 Å². The van der Waals surface area contributed by atoms with Gasteiger partial charge in [0.05, 0.1) is 35.4 Å². The second-order valence-electron chi connectivity index (χ2n) is 12.3. The van der Waals surface area contributed by atoms with E-state index < -0.39 is 59.5 Å². The molecule has 242 valence electrons. The number of rotatable bonds is 4. The van der Waals surface area contributed by atoms with Crippen molar-refractivity contribution < 1.29 is 33.8 Å². The molecule has 0 aliphatic carbocycles. The second kappa shape index (κ2) is 12.7. The number of amides is 3. The third-order valence-electron chi connectivity index (χ3n) is 9.74. The van der Waals surface area contributed by atoms with Crippen LogP contribution in [0.3, 0.4) is 0 Å². The molecule has 7 atom stereocenters. The zero-order chi connectivity index (χ0) is 32.7. The molecule has 11 heteroatoms.